The number of carboxylic acids is 1. The summed E-state index contributed by atoms with van der Waals surface area (Å²) < 4.78 is 0. The molecule has 2 fully saturated rings. The Balaban J connectivity index is 2.01. The summed E-state index contributed by atoms with van der Waals surface area (Å²) in [5, 5.41) is 20.9. The SMILES string of the molecule is CC(O)C(NC(=O)N1CCC[C@H]2CCCC[C@H]21)C(=O)O. The number of nitrogens with zero attached hydrogens (tertiary/aromatic N) is 1. The van der Waals surface area contributed by atoms with Crippen LogP contribution in [0.4, 0.5) is 4.79 Å². The molecule has 114 valence electrons. The van der Waals surface area contributed by atoms with Crippen molar-refractivity contribution >= 4 is 12.0 Å². The van der Waals surface area contributed by atoms with E-state index in [1.54, 1.807) is 4.90 Å². The fraction of sp³-hybridized carbons (Fsp3) is 0.857. The van der Waals surface area contributed by atoms with Gasteiger partial charge in [0, 0.05) is 12.6 Å². The average Bonchev–Trinajstić information content (AvgIpc) is 2.43. The molecule has 1 aliphatic heterocycles. The number of carboxylic acid groups (broad SMARTS) is 1. The maximum Gasteiger partial charge on any atom is 0.328 e. The minimum Gasteiger partial charge on any atom is -0.480 e. The summed E-state index contributed by atoms with van der Waals surface area (Å²) in [4.78, 5) is 25.1. The molecule has 0 bridgehead atoms. The number of rotatable bonds is 3. The van der Waals surface area contributed by atoms with Crippen LogP contribution in [0, 0.1) is 5.92 Å². The Labute approximate surface area is 119 Å². The molecule has 4 atom stereocenters. The number of carbonyl (C=O) groups is 2. The molecule has 0 radical (unpaired) electrons. The Morgan fingerprint density at radius 1 is 1.20 bits per heavy atom. The number of piperidine rings is 1. The van der Waals surface area contributed by atoms with Crippen molar-refractivity contribution in [3.63, 3.8) is 0 Å². The van der Waals surface area contributed by atoms with Crippen LogP contribution in [0.25, 0.3) is 0 Å². The van der Waals surface area contributed by atoms with Crippen LogP contribution in [0.5, 0.6) is 0 Å². The van der Waals surface area contributed by atoms with Crippen molar-refractivity contribution < 1.29 is 19.8 Å². The Hall–Kier alpha value is -1.30. The number of carbonyl (C=O) groups excluding carboxylic acids is 1. The van der Waals surface area contributed by atoms with E-state index in [1.807, 2.05) is 0 Å². The van der Waals surface area contributed by atoms with Crippen LogP contribution in [0.2, 0.25) is 0 Å². The van der Waals surface area contributed by atoms with Crippen LogP contribution in [-0.4, -0.2) is 51.8 Å². The molecule has 2 aliphatic rings. The lowest BCUT2D eigenvalue weighted by molar-refractivity contribution is -0.141. The largest absolute Gasteiger partial charge is 0.480 e. The van der Waals surface area contributed by atoms with Gasteiger partial charge >= 0.3 is 12.0 Å². The van der Waals surface area contributed by atoms with E-state index >= 15 is 0 Å². The quantitative estimate of drug-likeness (QED) is 0.726. The number of hydrogen-bond acceptors (Lipinski definition) is 3. The Bertz CT molecular complexity index is 370. The van der Waals surface area contributed by atoms with Crippen molar-refractivity contribution in [3.8, 4) is 0 Å². The molecule has 1 saturated heterocycles. The van der Waals surface area contributed by atoms with Gasteiger partial charge in [-0.1, -0.05) is 12.8 Å². The highest BCUT2D eigenvalue weighted by molar-refractivity contribution is 5.83. The van der Waals surface area contributed by atoms with Gasteiger partial charge in [0.15, 0.2) is 6.04 Å². The molecule has 2 amide bonds. The molecule has 0 spiro atoms. The van der Waals surface area contributed by atoms with Gasteiger partial charge in [0.25, 0.3) is 0 Å². The Morgan fingerprint density at radius 3 is 2.50 bits per heavy atom. The van der Waals surface area contributed by atoms with E-state index in [1.165, 1.54) is 13.3 Å². The van der Waals surface area contributed by atoms with Crippen LogP contribution < -0.4 is 5.32 Å². The molecule has 1 saturated carbocycles. The van der Waals surface area contributed by atoms with Crippen molar-refractivity contribution in [2.75, 3.05) is 6.54 Å². The number of urea groups is 1. The number of aliphatic hydroxyl groups is 1. The standard InChI is InChI=1S/C14H24N2O4/c1-9(17)12(13(18)19)15-14(20)16-8-4-6-10-5-2-3-7-11(10)16/h9-12,17H,2-8H2,1H3,(H,15,20)(H,18,19)/t9?,10-,11-,12?/m1/s1. The van der Waals surface area contributed by atoms with Gasteiger partial charge in [0.1, 0.15) is 0 Å². The van der Waals surface area contributed by atoms with Gasteiger partial charge in [-0.25, -0.2) is 9.59 Å². The predicted molar refractivity (Wildman–Crippen MR) is 73.3 cm³/mol. The first kappa shape index (κ1) is 15.1. The molecule has 2 rings (SSSR count). The highest BCUT2D eigenvalue weighted by Gasteiger charge is 2.37. The third kappa shape index (κ3) is 3.23. The summed E-state index contributed by atoms with van der Waals surface area (Å²) in [6, 6.07) is -1.36. The molecule has 6 nitrogen and oxygen atoms in total. The van der Waals surface area contributed by atoms with Crippen LogP contribution in [-0.2, 0) is 4.79 Å². The van der Waals surface area contributed by atoms with Crippen LogP contribution in [0.1, 0.15) is 45.4 Å². The molecule has 1 aliphatic carbocycles. The van der Waals surface area contributed by atoms with Crippen LogP contribution in [0.3, 0.4) is 0 Å². The topological polar surface area (TPSA) is 89.9 Å². The lowest BCUT2D eigenvalue weighted by Gasteiger charge is -2.44. The zero-order valence-corrected chi connectivity index (χ0v) is 11.9. The fourth-order valence-electron chi connectivity index (χ4n) is 3.48. The first-order valence-corrected chi connectivity index (χ1v) is 7.48. The molecule has 2 unspecified atom stereocenters. The summed E-state index contributed by atoms with van der Waals surface area (Å²) in [6.45, 7) is 2.05. The highest BCUT2D eigenvalue weighted by atomic mass is 16.4. The molecule has 20 heavy (non-hydrogen) atoms. The van der Waals surface area contributed by atoms with E-state index in [9.17, 15) is 14.7 Å². The van der Waals surface area contributed by atoms with E-state index in [0.29, 0.717) is 12.5 Å². The number of amides is 2. The maximum absolute atomic E-state index is 12.3. The number of hydrogen-bond donors (Lipinski definition) is 3. The molecular formula is C14H24N2O4. The van der Waals surface area contributed by atoms with Crippen molar-refractivity contribution in [1.82, 2.24) is 10.2 Å². The number of aliphatic carboxylic acids is 1. The van der Waals surface area contributed by atoms with Gasteiger partial charge in [-0.05, 0) is 38.5 Å². The molecule has 0 aromatic carbocycles. The minimum absolute atomic E-state index is 0.237. The minimum atomic E-state index is -1.24. The van der Waals surface area contributed by atoms with E-state index in [0.717, 1.165) is 32.1 Å². The second kappa shape index (κ2) is 6.43. The van der Waals surface area contributed by atoms with Gasteiger partial charge in [-0.3, -0.25) is 0 Å². The van der Waals surface area contributed by atoms with Gasteiger partial charge in [-0.15, -0.1) is 0 Å². The Kier molecular flexibility index (Phi) is 4.86. The molecular weight excluding hydrogens is 260 g/mol. The van der Waals surface area contributed by atoms with Crippen molar-refractivity contribution in [1.29, 1.82) is 0 Å². The third-order valence-electron chi connectivity index (χ3n) is 4.53. The monoisotopic (exact) mass is 284 g/mol. The molecule has 3 N–H and O–H groups in total. The number of likely N-dealkylation sites (tertiary alicyclic amines) is 1. The molecule has 6 heteroatoms. The van der Waals surface area contributed by atoms with E-state index in [2.05, 4.69) is 5.32 Å². The van der Waals surface area contributed by atoms with Gasteiger partial charge in [0.2, 0.25) is 0 Å². The van der Waals surface area contributed by atoms with E-state index in [4.69, 9.17) is 5.11 Å². The summed E-state index contributed by atoms with van der Waals surface area (Å²) in [5.74, 6) is -0.649. The van der Waals surface area contributed by atoms with Crippen molar-refractivity contribution in [2.24, 2.45) is 5.92 Å². The summed E-state index contributed by atoms with van der Waals surface area (Å²) in [6.07, 6.45) is 5.54. The van der Waals surface area contributed by atoms with E-state index < -0.39 is 18.1 Å². The van der Waals surface area contributed by atoms with Crippen LogP contribution >= 0.6 is 0 Å². The first-order chi connectivity index (χ1) is 9.50. The summed E-state index contributed by atoms with van der Waals surface area (Å²) in [5.41, 5.74) is 0. The lowest BCUT2D eigenvalue weighted by Crippen LogP contribution is -2.57. The molecule has 1 heterocycles. The summed E-state index contributed by atoms with van der Waals surface area (Å²) in [7, 11) is 0. The average molecular weight is 284 g/mol. The van der Waals surface area contributed by atoms with Crippen LogP contribution in [0.15, 0.2) is 0 Å². The Morgan fingerprint density at radius 2 is 1.85 bits per heavy atom. The van der Waals surface area contributed by atoms with Gasteiger partial charge in [-0.2, -0.15) is 0 Å². The summed E-state index contributed by atoms with van der Waals surface area (Å²) >= 11 is 0. The zero-order chi connectivity index (χ0) is 14.7. The fourth-order valence-corrected chi connectivity index (χ4v) is 3.48. The predicted octanol–water partition coefficient (Wildman–Crippen LogP) is 1.18. The number of nitrogens with one attached hydrogen (secondary N) is 1. The van der Waals surface area contributed by atoms with E-state index in [-0.39, 0.29) is 12.1 Å². The number of fused-ring (bicyclic) bond motifs is 1. The lowest BCUT2D eigenvalue weighted by atomic mass is 9.78. The van der Waals surface area contributed by atoms with Crippen molar-refractivity contribution in [3.05, 3.63) is 0 Å². The highest BCUT2D eigenvalue weighted by Crippen LogP contribution is 2.35. The van der Waals surface area contributed by atoms with Gasteiger partial charge in [0.05, 0.1) is 6.10 Å². The smallest absolute Gasteiger partial charge is 0.328 e. The maximum atomic E-state index is 12.3. The molecule has 0 aromatic rings. The van der Waals surface area contributed by atoms with Gasteiger partial charge < -0.3 is 20.4 Å². The van der Waals surface area contributed by atoms with Crippen molar-refractivity contribution in [2.45, 2.75) is 63.6 Å². The second-order valence-corrected chi connectivity index (χ2v) is 5.95. The second-order valence-electron chi connectivity index (χ2n) is 5.95. The normalized spacial score (nSPS) is 29.2. The first-order valence-electron chi connectivity index (χ1n) is 7.48. The zero-order valence-electron chi connectivity index (χ0n) is 11.9. The molecule has 0 aromatic heterocycles. The third-order valence-corrected chi connectivity index (χ3v) is 4.53. The number of aliphatic hydroxyl groups excluding tert-OH is 1.